The van der Waals surface area contributed by atoms with E-state index in [4.69, 9.17) is 9.84 Å². The van der Waals surface area contributed by atoms with Crippen LogP contribution in [0.3, 0.4) is 0 Å². The van der Waals surface area contributed by atoms with Crippen LogP contribution in [0.1, 0.15) is 36.6 Å². The predicted octanol–water partition coefficient (Wildman–Crippen LogP) is 4.11. The van der Waals surface area contributed by atoms with Crippen molar-refractivity contribution in [2.24, 2.45) is 0 Å². The van der Waals surface area contributed by atoms with Gasteiger partial charge in [0, 0.05) is 5.56 Å². The smallest absolute Gasteiger partial charge is 0.336 e. The molecule has 0 aromatic heterocycles. The van der Waals surface area contributed by atoms with Gasteiger partial charge >= 0.3 is 11.9 Å². The van der Waals surface area contributed by atoms with Gasteiger partial charge < -0.3 is 14.9 Å². The highest BCUT2D eigenvalue weighted by Crippen LogP contribution is 2.28. The van der Waals surface area contributed by atoms with Crippen molar-refractivity contribution < 1.29 is 29.3 Å². The van der Waals surface area contributed by atoms with Crippen LogP contribution in [0.15, 0.2) is 72.8 Å². The zero-order chi connectivity index (χ0) is 19.4. The second kappa shape index (κ2) is 7.53. The number of ether oxygens (including phenoxy) is 1. The van der Waals surface area contributed by atoms with Crippen LogP contribution in [-0.4, -0.2) is 27.9 Å². The third kappa shape index (κ3) is 3.85. The van der Waals surface area contributed by atoms with E-state index in [9.17, 15) is 19.5 Å². The van der Waals surface area contributed by atoms with Gasteiger partial charge in [0.2, 0.25) is 0 Å². The molecular weight excluding hydrogens is 348 g/mol. The molecule has 2 N–H and O–H groups in total. The molecule has 0 saturated carbocycles. The number of para-hydroxylation sites is 1. The van der Waals surface area contributed by atoms with Crippen molar-refractivity contribution in [1.82, 2.24) is 0 Å². The minimum Gasteiger partial charge on any atom is -0.478 e. The van der Waals surface area contributed by atoms with Gasteiger partial charge in [-0.25, -0.2) is 9.59 Å². The average molecular weight is 362 g/mol. The van der Waals surface area contributed by atoms with Crippen LogP contribution in [0.4, 0.5) is 0 Å². The summed E-state index contributed by atoms with van der Waals surface area (Å²) in [5.41, 5.74) is 0.0549. The molecule has 0 radical (unpaired) electrons. The lowest BCUT2D eigenvalue weighted by Crippen LogP contribution is -2.08. The molecule has 0 saturated heterocycles. The Kier molecular flexibility index (Phi) is 4.99. The van der Waals surface area contributed by atoms with E-state index < -0.39 is 17.5 Å². The van der Waals surface area contributed by atoms with Crippen molar-refractivity contribution in [3.05, 3.63) is 95.1 Å². The van der Waals surface area contributed by atoms with E-state index in [1.54, 1.807) is 54.6 Å². The van der Waals surface area contributed by atoms with E-state index >= 15 is 0 Å². The number of ketones is 1. The Hall–Kier alpha value is -3.93. The Bertz CT molecular complexity index is 1020. The Morgan fingerprint density at radius 2 is 1.30 bits per heavy atom. The molecule has 6 nitrogen and oxygen atoms in total. The average Bonchev–Trinajstić information content (AvgIpc) is 2.68. The first kappa shape index (κ1) is 17.9. The minimum absolute atomic E-state index is 0.116. The van der Waals surface area contributed by atoms with Crippen molar-refractivity contribution in [3.8, 4) is 11.5 Å². The minimum atomic E-state index is -1.38. The number of carboxylic acids is 2. The summed E-state index contributed by atoms with van der Waals surface area (Å²) in [7, 11) is 0. The molecule has 3 aromatic rings. The van der Waals surface area contributed by atoms with Crippen LogP contribution in [0.5, 0.6) is 11.5 Å². The van der Waals surface area contributed by atoms with Gasteiger partial charge in [0.05, 0.1) is 16.7 Å². The van der Waals surface area contributed by atoms with E-state index in [-0.39, 0.29) is 22.8 Å². The van der Waals surface area contributed by atoms with Gasteiger partial charge in [-0.05, 0) is 30.3 Å². The van der Waals surface area contributed by atoms with Crippen LogP contribution in [0.25, 0.3) is 0 Å². The fourth-order valence-electron chi connectivity index (χ4n) is 2.57. The number of hydrogen-bond acceptors (Lipinski definition) is 4. The topological polar surface area (TPSA) is 101 Å². The Morgan fingerprint density at radius 3 is 1.96 bits per heavy atom. The van der Waals surface area contributed by atoms with Gasteiger partial charge in [0.25, 0.3) is 0 Å². The van der Waals surface area contributed by atoms with E-state index in [1.807, 2.05) is 0 Å². The Labute approximate surface area is 154 Å². The maximum Gasteiger partial charge on any atom is 0.336 e. The summed E-state index contributed by atoms with van der Waals surface area (Å²) in [5.74, 6) is -2.62. The largest absolute Gasteiger partial charge is 0.478 e. The number of carboxylic acid groups (broad SMARTS) is 2. The molecule has 3 aromatic carbocycles. The molecule has 0 fully saturated rings. The van der Waals surface area contributed by atoms with E-state index in [0.29, 0.717) is 11.1 Å². The van der Waals surface area contributed by atoms with E-state index in [1.165, 1.54) is 6.07 Å². The fraction of sp³-hybridized carbons (Fsp3) is 0. The molecule has 0 unspecified atom stereocenters. The van der Waals surface area contributed by atoms with Crippen LogP contribution >= 0.6 is 0 Å². The number of benzene rings is 3. The molecule has 0 aliphatic carbocycles. The lowest BCUT2D eigenvalue weighted by atomic mass is 10.0. The normalized spacial score (nSPS) is 10.2. The highest BCUT2D eigenvalue weighted by molar-refractivity contribution is 6.10. The maximum atomic E-state index is 12.7. The van der Waals surface area contributed by atoms with Crippen LogP contribution < -0.4 is 4.74 Å². The molecule has 6 heteroatoms. The standard InChI is InChI=1S/C21H14O6/c22-19(13-6-2-1-3-7-13)16-8-4-5-9-18(16)27-14-10-11-15(20(23)24)17(12-14)21(25)26/h1-12H,(H,23,24)(H,25,26). The van der Waals surface area contributed by atoms with Crippen molar-refractivity contribution in [2.75, 3.05) is 0 Å². The third-order valence-electron chi connectivity index (χ3n) is 3.85. The van der Waals surface area contributed by atoms with E-state index in [2.05, 4.69) is 0 Å². The zero-order valence-electron chi connectivity index (χ0n) is 14.0. The first-order valence-electron chi connectivity index (χ1n) is 7.94. The molecule has 0 spiro atoms. The summed E-state index contributed by atoms with van der Waals surface area (Å²) in [6.45, 7) is 0. The second-order valence-electron chi connectivity index (χ2n) is 5.61. The lowest BCUT2D eigenvalue weighted by Gasteiger charge is -2.12. The van der Waals surface area contributed by atoms with Crippen molar-refractivity contribution in [1.29, 1.82) is 0 Å². The van der Waals surface area contributed by atoms with Crippen molar-refractivity contribution in [3.63, 3.8) is 0 Å². The molecule has 0 aliphatic heterocycles. The van der Waals surface area contributed by atoms with Crippen LogP contribution in [0.2, 0.25) is 0 Å². The number of carbonyl (C=O) groups excluding carboxylic acids is 1. The quantitative estimate of drug-likeness (QED) is 0.640. The second-order valence-corrected chi connectivity index (χ2v) is 5.61. The zero-order valence-corrected chi connectivity index (χ0v) is 14.0. The van der Waals surface area contributed by atoms with Gasteiger partial charge in [0.1, 0.15) is 11.5 Å². The highest BCUT2D eigenvalue weighted by atomic mass is 16.5. The van der Waals surface area contributed by atoms with Gasteiger partial charge in [-0.3, -0.25) is 4.79 Å². The summed E-state index contributed by atoms with van der Waals surface area (Å²) in [6, 6.07) is 18.9. The van der Waals surface area contributed by atoms with Crippen molar-refractivity contribution >= 4 is 17.7 Å². The van der Waals surface area contributed by atoms with Crippen LogP contribution in [0, 0.1) is 0 Å². The summed E-state index contributed by atoms with van der Waals surface area (Å²) in [4.78, 5) is 35.2. The summed E-state index contributed by atoms with van der Waals surface area (Å²) < 4.78 is 5.70. The molecule has 0 aliphatic rings. The molecule has 0 amide bonds. The molecule has 0 heterocycles. The molecular formula is C21H14O6. The fourth-order valence-corrected chi connectivity index (χ4v) is 2.57. The van der Waals surface area contributed by atoms with Crippen molar-refractivity contribution in [2.45, 2.75) is 0 Å². The van der Waals surface area contributed by atoms with Gasteiger partial charge in [-0.15, -0.1) is 0 Å². The molecule has 3 rings (SSSR count). The van der Waals surface area contributed by atoms with Gasteiger partial charge in [-0.2, -0.15) is 0 Å². The van der Waals surface area contributed by atoms with Gasteiger partial charge in [-0.1, -0.05) is 42.5 Å². The van der Waals surface area contributed by atoms with Crippen LogP contribution in [-0.2, 0) is 0 Å². The SMILES string of the molecule is O=C(c1ccccc1)c1ccccc1Oc1ccc(C(=O)O)c(C(=O)O)c1. The van der Waals surface area contributed by atoms with Gasteiger partial charge in [0.15, 0.2) is 5.78 Å². The molecule has 0 bridgehead atoms. The first-order chi connectivity index (χ1) is 13.0. The lowest BCUT2D eigenvalue weighted by molar-refractivity contribution is 0.0651. The van der Waals surface area contributed by atoms with E-state index in [0.717, 1.165) is 12.1 Å². The summed E-state index contributed by atoms with van der Waals surface area (Å²) in [6.07, 6.45) is 0. The monoisotopic (exact) mass is 362 g/mol. The number of rotatable bonds is 6. The molecule has 0 atom stereocenters. The Morgan fingerprint density at radius 1 is 0.667 bits per heavy atom. The number of hydrogen-bond donors (Lipinski definition) is 2. The summed E-state index contributed by atoms with van der Waals surface area (Å²) >= 11 is 0. The maximum absolute atomic E-state index is 12.7. The number of aromatic carboxylic acids is 2. The highest BCUT2D eigenvalue weighted by Gasteiger charge is 2.19. The number of carbonyl (C=O) groups is 3. The third-order valence-corrected chi connectivity index (χ3v) is 3.85. The Balaban J connectivity index is 1.98. The first-order valence-corrected chi connectivity index (χ1v) is 7.94. The summed E-state index contributed by atoms with van der Waals surface area (Å²) in [5, 5.41) is 18.3. The molecule has 134 valence electrons. The predicted molar refractivity (Wildman–Crippen MR) is 96.8 cm³/mol. The molecule has 27 heavy (non-hydrogen) atoms.